The maximum Gasteiger partial charge on any atom is 0.306 e. The number of nitriles is 1. The number of benzene rings is 1. The lowest BCUT2D eigenvalue weighted by molar-refractivity contribution is 0.361. The maximum atomic E-state index is 11.1. The van der Waals surface area contributed by atoms with E-state index in [4.69, 9.17) is 18.9 Å². The molecular weight excluding hydrogens is 246 g/mol. The van der Waals surface area contributed by atoms with Gasteiger partial charge in [-0.15, -0.1) is 0 Å². The normalized spacial score (nSPS) is 10.5. The van der Waals surface area contributed by atoms with Crippen molar-refractivity contribution >= 4 is 10.1 Å². The van der Waals surface area contributed by atoms with Crippen molar-refractivity contribution in [1.82, 2.24) is 0 Å². The Kier molecular flexibility index (Phi) is 3.81. The molecule has 1 aromatic rings. The SMILES string of the molecule is COc1cc(C#N)cc(OC)c1OS(C)(=O)=O. The molecule has 0 aromatic heterocycles. The second kappa shape index (κ2) is 4.93. The Balaban J connectivity index is 3.41. The van der Waals surface area contributed by atoms with E-state index in [9.17, 15) is 8.42 Å². The van der Waals surface area contributed by atoms with Crippen molar-refractivity contribution in [3.8, 4) is 23.3 Å². The molecule has 1 aromatic carbocycles. The van der Waals surface area contributed by atoms with E-state index < -0.39 is 10.1 Å². The first-order chi connectivity index (χ1) is 7.91. The molecule has 1 rings (SSSR count). The van der Waals surface area contributed by atoms with Crippen molar-refractivity contribution in [1.29, 1.82) is 5.26 Å². The summed E-state index contributed by atoms with van der Waals surface area (Å²) in [6, 6.07) is 4.63. The van der Waals surface area contributed by atoms with Crippen LogP contribution in [-0.4, -0.2) is 28.9 Å². The Labute approximate surface area is 99.5 Å². The van der Waals surface area contributed by atoms with Crippen molar-refractivity contribution in [2.24, 2.45) is 0 Å². The predicted octanol–water partition coefficient (Wildman–Crippen LogP) is 0.914. The lowest BCUT2D eigenvalue weighted by Crippen LogP contribution is -2.08. The molecule has 0 aliphatic carbocycles. The number of ether oxygens (including phenoxy) is 2. The summed E-state index contributed by atoms with van der Waals surface area (Å²) in [6.07, 6.45) is 0.907. The van der Waals surface area contributed by atoms with Gasteiger partial charge in [-0.05, 0) is 0 Å². The zero-order chi connectivity index (χ0) is 13.1. The lowest BCUT2D eigenvalue weighted by Gasteiger charge is -2.12. The van der Waals surface area contributed by atoms with Crippen molar-refractivity contribution in [2.75, 3.05) is 20.5 Å². The summed E-state index contributed by atoms with van der Waals surface area (Å²) in [5.74, 6) is 0.161. The van der Waals surface area contributed by atoms with Crippen LogP contribution >= 0.6 is 0 Å². The van der Waals surface area contributed by atoms with Gasteiger partial charge in [-0.25, -0.2) is 0 Å². The van der Waals surface area contributed by atoms with Crippen LogP contribution in [0.4, 0.5) is 0 Å². The summed E-state index contributed by atoms with van der Waals surface area (Å²) >= 11 is 0. The number of hydrogen-bond acceptors (Lipinski definition) is 6. The van der Waals surface area contributed by atoms with Gasteiger partial charge >= 0.3 is 10.1 Å². The van der Waals surface area contributed by atoms with E-state index in [1.165, 1.54) is 26.4 Å². The van der Waals surface area contributed by atoms with Crippen molar-refractivity contribution < 1.29 is 22.1 Å². The van der Waals surface area contributed by atoms with Gasteiger partial charge in [-0.2, -0.15) is 13.7 Å². The highest BCUT2D eigenvalue weighted by Gasteiger charge is 2.18. The molecule has 0 aliphatic heterocycles. The van der Waals surface area contributed by atoms with Gasteiger partial charge in [0.05, 0.1) is 32.1 Å². The quantitative estimate of drug-likeness (QED) is 0.745. The van der Waals surface area contributed by atoms with Crippen LogP contribution in [0.3, 0.4) is 0 Å². The fourth-order valence-corrected chi connectivity index (χ4v) is 1.64. The number of hydrogen-bond donors (Lipinski definition) is 0. The maximum absolute atomic E-state index is 11.1. The third-order valence-corrected chi connectivity index (χ3v) is 2.29. The standard InChI is InChI=1S/C10H11NO5S/c1-14-8-4-7(6-11)5-9(15-2)10(8)16-17(3,12)13/h4-5H,1-3H3. The molecule has 92 valence electrons. The average Bonchev–Trinajstić information content (AvgIpc) is 2.27. The first kappa shape index (κ1) is 13.1. The van der Waals surface area contributed by atoms with E-state index >= 15 is 0 Å². The monoisotopic (exact) mass is 257 g/mol. The van der Waals surface area contributed by atoms with Gasteiger partial charge in [0.1, 0.15) is 0 Å². The van der Waals surface area contributed by atoms with Crippen LogP contribution in [0.5, 0.6) is 17.2 Å². The summed E-state index contributed by atoms with van der Waals surface area (Å²) in [7, 11) is -1.03. The molecule has 0 fully saturated rings. The molecule has 0 spiro atoms. The minimum atomic E-state index is -3.70. The first-order valence-electron chi connectivity index (χ1n) is 4.47. The summed E-state index contributed by atoms with van der Waals surface area (Å²) in [5.41, 5.74) is 0.277. The van der Waals surface area contributed by atoms with Gasteiger partial charge in [-0.1, -0.05) is 0 Å². The molecule has 0 saturated carbocycles. The summed E-state index contributed by atoms with van der Waals surface area (Å²) in [5, 5.41) is 8.78. The van der Waals surface area contributed by atoms with E-state index in [2.05, 4.69) is 0 Å². The van der Waals surface area contributed by atoms with Gasteiger partial charge in [-0.3, -0.25) is 0 Å². The van der Waals surface area contributed by atoms with Crippen LogP contribution in [0.2, 0.25) is 0 Å². The molecule has 0 amide bonds. The van der Waals surface area contributed by atoms with Crippen molar-refractivity contribution in [2.45, 2.75) is 0 Å². The van der Waals surface area contributed by atoms with Crippen LogP contribution in [0.15, 0.2) is 12.1 Å². The third kappa shape index (κ3) is 3.26. The van der Waals surface area contributed by atoms with E-state index in [0.717, 1.165) is 6.26 Å². The van der Waals surface area contributed by atoms with Crippen LogP contribution in [-0.2, 0) is 10.1 Å². The zero-order valence-electron chi connectivity index (χ0n) is 9.55. The van der Waals surface area contributed by atoms with E-state index in [1.54, 1.807) is 0 Å². The Hall–Kier alpha value is -1.94. The molecule has 17 heavy (non-hydrogen) atoms. The number of nitrogens with zero attached hydrogens (tertiary/aromatic N) is 1. The topological polar surface area (TPSA) is 85.6 Å². The average molecular weight is 257 g/mol. The minimum absolute atomic E-state index is 0.0727. The second-order valence-corrected chi connectivity index (χ2v) is 4.68. The van der Waals surface area contributed by atoms with Gasteiger partial charge in [0.15, 0.2) is 11.5 Å². The van der Waals surface area contributed by atoms with Crippen LogP contribution in [0.1, 0.15) is 5.56 Å². The van der Waals surface area contributed by atoms with Crippen LogP contribution in [0.25, 0.3) is 0 Å². The Morgan fingerprint density at radius 1 is 1.18 bits per heavy atom. The molecule has 0 radical (unpaired) electrons. The van der Waals surface area contributed by atoms with Gasteiger partial charge in [0, 0.05) is 12.1 Å². The molecule has 0 bridgehead atoms. The van der Waals surface area contributed by atoms with Crippen molar-refractivity contribution in [3.63, 3.8) is 0 Å². The summed E-state index contributed by atoms with van der Waals surface area (Å²) in [4.78, 5) is 0. The Bertz CT molecular complexity index is 534. The molecule has 0 atom stereocenters. The highest BCUT2D eigenvalue weighted by molar-refractivity contribution is 7.86. The Morgan fingerprint density at radius 3 is 1.94 bits per heavy atom. The van der Waals surface area contributed by atoms with Crippen LogP contribution < -0.4 is 13.7 Å². The molecular formula is C10H11NO5S. The zero-order valence-corrected chi connectivity index (χ0v) is 10.4. The molecule has 6 nitrogen and oxygen atoms in total. The molecule has 0 N–H and O–H groups in total. The molecule has 7 heteroatoms. The molecule has 0 heterocycles. The number of methoxy groups -OCH3 is 2. The van der Waals surface area contributed by atoms with Crippen molar-refractivity contribution in [3.05, 3.63) is 17.7 Å². The third-order valence-electron chi connectivity index (χ3n) is 1.82. The minimum Gasteiger partial charge on any atom is -0.493 e. The molecule has 0 unspecified atom stereocenters. The fourth-order valence-electron chi connectivity index (χ4n) is 1.18. The Morgan fingerprint density at radius 2 is 1.65 bits per heavy atom. The predicted molar refractivity (Wildman–Crippen MR) is 59.7 cm³/mol. The van der Waals surface area contributed by atoms with Gasteiger partial charge in [0.2, 0.25) is 5.75 Å². The molecule has 0 saturated heterocycles. The molecule has 0 aliphatic rings. The highest BCUT2D eigenvalue weighted by atomic mass is 32.2. The van der Waals surface area contributed by atoms with E-state index in [1.807, 2.05) is 6.07 Å². The largest absolute Gasteiger partial charge is 0.493 e. The van der Waals surface area contributed by atoms with Gasteiger partial charge < -0.3 is 13.7 Å². The smallest absolute Gasteiger partial charge is 0.306 e. The first-order valence-corrected chi connectivity index (χ1v) is 6.28. The lowest BCUT2D eigenvalue weighted by atomic mass is 10.2. The highest BCUT2D eigenvalue weighted by Crippen LogP contribution is 2.39. The van der Waals surface area contributed by atoms with Gasteiger partial charge in [0.25, 0.3) is 0 Å². The second-order valence-electron chi connectivity index (χ2n) is 3.11. The fraction of sp³-hybridized carbons (Fsp3) is 0.300. The summed E-state index contributed by atoms with van der Waals surface area (Å²) in [6.45, 7) is 0. The van der Waals surface area contributed by atoms with Crippen LogP contribution in [0, 0.1) is 11.3 Å². The number of rotatable bonds is 4. The van der Waals surface area contributed by atoms with E-state index in [0.29, 0.717) is 0 Å². The summed E-state index contributed by atoms with van der Waals surface area (Å²) < 4.78 is 36.9. The van der Waals surface area contributed by atoms with E-state index in [-0.39, 0.29) is 22.8 Å².